The smallest absolute Gasteiger partial charge is 0.146 e. The molecular weight excluding hydrogens is 344 g/mol. The lowest BCUT2D eigenvalue weighted by Gasteiger charge is -2.13. The van der Waals surface area contributed by atoms with Crippen LogP contribution in [0.3, 0.4) is 0 Å². The SMILES string of the molecule is Cc1ccc(Nc2cc(F)cc(CCCc3cccnc3)c2C#N)c(F)c1. The maximum Gasteiger partial charge on any atom is 0.146 e. The Hall–Kier alpha value is -3.26. The van der Waals surface area contributed by atoms with Crippen molar-refractivity contribution in [3.63, 3.8) is 0 Å². The molecule has 2 aromatic carbocycles. The molecule has 136 valence electrons. The van der Waals surface area contributed by atoms with Gasteiger partial charge in [0.2, 0.25) is 0 Å². The lowest BCUT2D eigenvalue weighted by Crippen LogP contribution is -2.02. The van der Waals surface area contributed by atoms with Crippen LogP contribution in [0.25, 0.3) is 0 Å². The summed E-state index contributed by atoms with van der Waals surface area (Å²) in [6.45, 7) is 1.79. The van der Waals surface area contributed by atoms with Crippen LogP contribution in [0.2, 0.25) is 0 Å². The van der Waals surface area contributed by atoms with Crippen LogP contribution in [0.15, 0.2) is 54.9 Å². The fourth-order valence-corrected chi connectivity index (χ4v) is 2.99. The van der Waals surface area contributed by atoms with Crippen molar-refractivity contribution < 1.29 is 8.78 Å². The molecule has 27 heavy (non-hydrogen) atoms. The van der Waals surface area contributed by atoms with Crippen molar-refractivity contribution in [2.75, 3.05) is 5.32 Å². The van der Waals surface area contributed by atoms with E-state index in [1.807, 2.05) is 12.1 Å². The van der Waals surface area contributed by atoms with Crippen LogP contribution < -0.4 is 5.32 Å². The van der Waals surface area contributed by atoms with E-state index in [1.54, 1.807) is 31.5 Å². The van der Waals surface area contributed by atoms with E-state index in [2.05, 4.69) is 16.4 Å². The first-order valence-corrected chi connectivity index (χ1v) is 8.71. The predicted octanol–water partition coefficient (Wildman–Crippen LogP) is 5.46. The van der Waals surface area contributed by atoms with Gasteiger partial charge in [0.1, 0.15) is 17.7 Å². The molecule has 1 aromatic heterocycles. The summed E-state index contributed by atoms with van der Waals surface area (Å²) in [5.74, 6) is -0.901. The molecule has 0 bridgehead atoms. The fourth-order valence-electron chi connectivity index (χ4n) is 2.99. The zero-order chi connectivity index (χ0) is 19.2. The van der Waals surface area contributed by atoms with Crippen molar-refractivity contribution in [3.8, 4) is 6.07 Å². The molecule has 0 spiro atoms. The van der Waals surface area contributed by atoms with Crippen molar-refractivity contribution in [2.24, 2.45) is 0 Å². The molecule has 3 rings (SSSR count). The summed E-state index contributed by atoms with van der Waals surface area (Å²) in [6.07, 6.45) is 5.59. The van der Waals surface area contributed by atoms with E-state index in [4.69, 9.17) is 0 Å². The number of nitrogens with one attached hydrogen (secondary N) is 1. The zero-order valence-corrected chi connectivity index (χ0v) is 15.0. The monoisotopic (exact) mass is 363 g/mol. The van der Waals surface area contributed by atoms with Crippen molar-refractivity contribution >= 4 is 11.4 Å². The number of rotatable bonds is 6. The van der Waals surface area contributed by atoms with Gasteiger partial charge in [-0.15, -0.1) is 0 Å². The van der Waals surface area contributed by atoms with Gasteiger partial charge in [-0.05, 0) is 73.2 Å². The molecular formula is C22H19F2N3. The minimum atomic E-state index is -0.458. The summed E-state index contributed by atoms with van der Waals surface area (Å²) < 4.78 is 28.2. The van der Waals surface area contributed by atoms with E-state index in [-0.39, 0.29) is 11.4 Å². The molecule has 3 aromatic rings. The lowest BCUT2D eigenvalue weighted by atomic mass is 9.99. The van der Waals surface area contributed by atoms with Gasteiger partial charge in [0.15, 0.2) is 0 Å². The number of aromatic nitrogens is 1. The van der Waals surface area contributed by atoms with E-state index in [1.165, 1.54) is 18.2 Å². The minimum Gasteiger partial charge on any atom is -0.352 e. The number of benzene rings is 2. The number of pyridine rings is 1. The van der Waals surface area contributed by atoms with Gasteiger partial charge in [0.05, 0.1) is 16.9 Å². The molecule has 1 heterocycles. The van der Waals surface area contributed by atoms with Crippen LogP contribution in [0, 0.1) is 29.9 Å². The van der Waals surface area contributed by atoms with Crippen molar-refractivity contribution in [1.82, 2.24) is 4.98 Å². The van der Waals surface area contributed by atoms with E-state index >= 15 is 0 Å². The molecule has 0 saturated carbocycles. The van der Waals surface area contributed by atoms with E-state index < -0.39 is 11.6 Å². The Labute approximate surface area is 157 Å². The number of hydrogen-bond acceptors (Lipinski definition) is 3. The largest absolute Gasteiger partial charge is 0.352 e. The minimum absolute atomic E-state index is 0.212. The van der Waals surface area contributed by atoms with Crippen molar-refractivity contribution in [1.29, 1.82) is 5.26 Å². The average Bonchev–Trinajstić information content (AvgIpc) is 2.65. The number of anilines is 2. The molecule has 0 amide bonds. The first-order chi connectivity index (χ1) is 13.1. The molecule has 1 N–H and O–H groups in total. The van der Waals surface area contributed by atoms with E-state index in [9.17, 15) is 14.0 Å². The predicted molar refractivity (Wildman–Crippen MR) is 102 cm³/mol. The third-order valence-corrected chi connectivity index (χ3v) is 4.32. The Kier molecular flexibility index (Phi) is 5.77. The van der Waals surface area contributed by atoms with E-state index in [0.29, 0.717) is 17.5 Å². The van der Waals surface area contributed by atoms with Crippen LogP contribution in [0.5, 0.6) is 0 Å². The maximum absolute atomic E-state index is 14.1. The van der Waals surface area contributed by atoms with Gasteiger partial charge in [0, 0.05) is 12.4 Å². The molecule has 0 radical (unpaired) electrons. The molecule has 3 nitrogen and oxygen atoms in total. The van der Waals surface area contributed by atoms with Gasteiger partial charge in [-0.3, -0.25) is 4.98 Å². The number of halogens is 2. The molecule has 0 aliphatic carbocycles. The Morgan fingerprint density at radius 1 is 1.07 bits per heavy atom. The number of nitriles is 1. The summed E-state index contributed by atoms with van der Waals surface area (Å²) in [7, 11) is 0. The van der Waals surface area contributed by atoms with Crippen LogP contribution in [0.4, 0.5) is 20.2 Å². The standard InChI is InChI=1S/C22H19F2N3/c1-15-7-8-21(20(24)10-15)27-22-12-18(23)11-17(19(22)13-25)6-2-4-16-5-3-9-26-14-16/h3,5,7-12,14,27H,2,4,6H2,1H3. The molecule has 0 aliphatic rings. The number of hydrogen-bond donors (Lipinski definition) is 1. The highest BCUT2D eigenvalue weighted by atomic mass is 19.1. The Morgan fingerprint density at radius 2 is 1.93 bits per heavy atom. The molecule has 0 atom stereocenters. The topological polar surface area (TPSA) is 48.7 Å². The van der Waals surface area contributed by atoms with Crippen LogP contribution in [-0.2, 0) is 12.8 Å². The number of aryl methyl sites for hydroxylation is 3. The van der Waals surface area contributed by atoms with Gasteiger partial charge in [-0.1, -0.05) is 12.1 Å². The van der Waals surface area contributed by atoms with Gasteiger partial charge in [0.25, 0.3) is 0 Å². The zero-order valence-electron chi connectivity index (χ0n) is 15.0. The molecule has 0 saturated heterocycles. The summed E-state index contributed by atoms with van der Waals surface area (Å²) in [4.78, 5) is 4.08. The fraction of sp³-hybridized carbons (Fsp3) is 0.182. The van der Waals surface area contributed by atoms with Crippen molar-refractivity contribution in [2.45, 2.75) is 26.2 Å². The van der Waals surface area contributed by atoms with Gasteiger partial charge in [-0.2, -0.15) is 5.26 Å². The van der Waals surface area contributed by atoms with Crippen LogP contribution in [0.1, 0.15) is 28.7 Å². The van der Waals surface area contributed by atoms with Gasteiger partial charge in [-0.25, -0.2) is 8.78 Å². The first-order valence-electron chi connectivity index (χ1n) is 8.71. The number of nitrogens with zero attached hydrogens (tertiary/aromatic N) is 2. The maximum atomic E-state index is 14.1. The van der Waals surface area contributed by atoms with Gasteiger partial charge < -0.3 is 5.32 Å². The summed E-state index contributed by atoms with van der Waals surface area (Å²) in [6, 6.07) is 13.3. The highest BCUT2D eigenvalue weighted by molar-refractivity contribution is 5.69. The first kappa shape index (κ1) is 18.5. The highest BCUT2D eigenvalue weighted by Gasteiger charge is 2.13. The van der Waals surface area contributed by atoms with Crippen LogP contribution in [-0.4, -0.2) is 4.98 Å². The van der Waals surface area contributed by atoms with Gasteiger partial charge >= 0.3 is 0 Å². The normalized spacial score (nSPS) is 10.4. The Morgan fingerprint density at radius 3 is 2.63 bits per heavy atom. The quantitative estimate of drug-likeness (QED) is 0.633. The molecule has 5 heteroatoms. The summed E-state index contributed by atoms with van der Waals surface area (Å²) in [5.41, 5.74) is 3.31. The second-order valence-corrected chi connectivity index (χ2v) is 6.42. The Balaban J connectivity index is 1.82. The van der Waals surface area contributed by atoms with E-state index in [0.717, 1.165) is 24.0 Å². The third-order valence-electron chi connectivity index (χ3n) is 4.32. The Bertz CT molecular complexity index is 979. The third kappa shape index (κ3) is 4.68. The molecule has 0 unspecified atom stereocenters. The average molecular weight is 363 g/mol. The molecule has 0 fully saturated rings. The lowest BCUT2D eigenvalue weighted by molar-refractivity contribution is 0.623. The van der Waals surface area contributed by atoms with Crippen LogP contribution >= 0.6 is 0 Å². The van der Waals surface area contributed by atoms with Crippen molar-refractivity contribution in [3.05, 3.63) is 88.7 Å². The molecule has 0 aliphatic heterocycles. The second kappa shape index (κ2) is 8.41. The summed E-state index contributed by atoms with van der Waals surface area (Å²) in [5, 5.41) is 12.4. The summed E-state index contributed by atoms with van der Waals surface area (Å²) >= 11 is 0. The highest BCUT2D eigenvalue weighted by Crippen LogP contribution is 2.28. The second-order valence-electron chi connectivity index (χ2n) is 6.42.